The van der Waals surface area contributed by atoms with Crippen LogP contribution in [-0.4, -0.2) is 39.6 Å². The van der Waals surface area contributed by atoms with Gasteiger partial charge < -0.3 is 19.9 Å². The van der Waals surface area contributed by atoms with Gasteiger partial charge >= 0.3 is 5.97 Å². The number of phenols is 1. The van der Waals surface area contributed by atoms with Crippen molar-refractivity contribution in [1.29, 1.82) is 0 Å². The summed E-state index contributed by atoms with van der Waals surface area (Å²) in [4.78, 5) is 17.9. The summed E-state index contributed by atoms with van der Waals surface area (Å²) in [5.74, 6) is 0.882. The fourth-order valence-electron chi connectivity index (χ4n) is 3.82. The lowest BCUT2D eigenvalue weighted by Crippen LogP contribution is -2.30. The van der Waals surface area contributed by atoms with Gasteiger partial charge in [-0.25, -0.2) is 9.48 Å². The van der Waals surface area contributed by atoms with E-state index in [0.29, 0.717) is 49.8 Å². The monoisotopic (exact) mass is 592 g/mol. The summed E-state index contributed by atoms with van der Waals surface area (Å²) in [7, 11) is 1.47. The molecule has 0 aliphatic carbocycles. The minimum absolute atomic E-state index is 0.0299. The SMILES string of the molecule is CCCCOC(=O)C1=C(C)Nc2nc(SCc3ccccc3Cl)nn2C1c1cc(Br)c(O)c(OC)c1. The van der Waals surface area contributed by atoms with Crippen molar-refractivity contribution in [1.82, 2.24) is 14.8 Å². The van der Waals surface area contributed by atoms with Crippen LogP contribution < -0.4 is 10.1 Å². The smallest absolute Gasteiger partial charge is 0.338 e. The Morgan fingerprint density at radius 3 is 2.83 bits per heavy atom. The number of nitrogens with zero attached hydrogens (tertiary/aromatic N) is 3. The van der Waals surface area contributed by atoms with E-state index in [9.17, 15) is 9.90 Å². The van der Waals surface area contributed by atoms with Gasteiger partial charge in [0, 0.05) is 16.5 Å². The van der Waals surface area contributed by atoms with Crippen LogP contribution in [0.4, 0.5) is 5.95 Å². The molecule has 36 heavy (non-hydrogen) atoms. The summed E-state index contributed by atoms with van der Waals surface area (Å²) in [6.07, 6.45) is 1.68. The van der Waals surface area contributed by atoms with Crippen LogP contribution in [0.15, 0.2) is 57.3 Å². The number of phenolic OH excluding ortho intramolecular Hbond substituents is 1. The van der Waals surface area contributed by atoms with E-state index in [0.717, 1.165) is 18.4 Å². The fraction of sp³-hybridized carbons (Fsp3) is 0.320. The van der Waals surface area contributed by atoms with E-state index in [1.54, 1.807) is 16.8 Å². The number of methoxy groups -OCH3 is 1. The molecule has 4 rings (SSSR count). The third-order valence-corrected chi connectivity index (χ3v) is 7.54. The van der Waals surface area contributed by atoms with Gasteiger partial charge in [-0.05, 0) is 58.6 Å². The standard InChI is InChI=1S/C25H26BrClN4O4S/c1-4-5-10-35-23(33)20-14(2)28-24-29-25(36-13-15-8-6-7-9-18(15)27)30-31(24)21(20)16-11-17(26)22(32)19(12-16)34-3/h6-9,11-12,21,32H,4-5,10,13H2,1-3H3,(H,28,29,30). The number of hydrogen-bond acceptors (Lipinski definition) is 8. The molecule has 0 spiro atoms. The number of hydrogen-bond donors (Lipinski definition) is 2. The van der Waals surface area contributed by atoms with Crippen molar-refractivity contribution in [2.45, 2.75) is 43.6 Å². The largest absolute Gasteiger partial charge is 0.503 e. The van der Waals surface area contributed by atoms with Gasteiger partial charge in [0.2, 0.25) is 11.1 Å². The van der Waals surface area contributed by atoms with Crippen LogP contribution in [0, 0.1) is 0 Å². The topological polar surface area (TPSA) is 98.5 Å². The number of carbonyl (C=O) groups excluding carboxylic acids is 1. The Morgan fingerprint density at radius 1 is 1.33 bits per heavy atom. The molecule has 1 atom stereocenters. The Bertz CT molecular complexity index is 1310. The van der Waals surface area contributed by atoms with Crippen LogP contribution in [0.1, 0.15) is 43.9 Å². The van der Waals surface area contributed by atoms with Crippen LogP contribution in [0.25, 0.3) is 0 Å². The molecule has 1 aliphatic rings. The van der Waals surface area contributed by atoms with E-state index in [4.69, 9.17) is 26.2 Å². The van der Waals surface area contributed by atoms with Gasteiger partial charge in [0.15, 0.2) is 11.5 Å². The van der Waals surface area contributed by atoms with E-state index >= 15 is 0 Å². The molecule has 2 N–H and O–H groups in total. The van der Waals surface area contributed by atoms with E-state index in [1.807, 2.05) is 38.1 Å². The fourth-order valence-corrected chi connectivity index (χ4v) is 5.39. The number of rotatable bonds is 9. The maximum absolute atomic E-state index is 13.2. The first-order chi connectivity index (χ1) is 17.3. The first-order valence-electron chi connectivity index (χ1n) is 11.4. The maximum Gasteiger partial charge on any atom is 0.338 e. The number of esters is 1. The zero-order chi connectivity index (χ0) is 25.8. The van der Waals surface area contributed by atoms with Gasteiger partial charge in [0.05, 0.1) is 23.8 Å². The average Bonchev–Trinajstić information content (AvgIpc) is 3.26. The number of nitrogens with one attached hydrogen (secondary N) is 1. The summed E-state index contributed by atoms with van der Waals surface area (Å²) in [5.41, 5.74) is 2.68. The van der Waals surface area contributed by atoms with Crippen LogP contribution in [0.5, 0.6) is 11.5 Å². The molecular formula is C25H26BrClN4O4S. The lowest BCUT2D eigenvalue weighted by molar-refractivity contribution is -0.139. The van der Waals surface area contributed by atoms with Gasteiger partial charge in [-0.15, -0.1) is 5.10 Å². The molecule has 190 valence electrons. The molecule has 8 nitrogen and oxygen atoms in total. The Kier molecular flexibility index (Phi) is 8.48. The molecule has 1 aliphatic heterocycles. The van der Waals surface area contributed by atoms with E-state index in [2.05, 4.69) is 26.2 Å². The molecule has 2 heterocycles. The second kappa shape index (κ2) is 11.6. The zero-order valence-electron chi connectivity index (χ0n) is 20.0. The summed E-state index contributed by atoms with van der Waals surface area (Å²) < 4.78 is 13.0. The normalized spacial score (nSPS) is 14.9. The number of ether oxygens (including phenoxy) is 2. The van der Waals surface area contributed by atoms with Gasteiger partial charge in [0.1, 0.15) is 6.04 Å². The lowest BCUT2D eigenvalue weighted by Gasteiger charge is -2.28. The second-order valence-corrected chi connectivity index (χ2v) is 10.4. The minimum atomic E-state index is -0.650. The molecule has 1 unspecified atom stereocenters. The van der Waals surface area contributed by atoms with Crippen molar-refractivity contribution in [3.8, 4) is 11.5 Å². The Labute approximate surface area is 227 Å². The minimum Gasteiger partial charge on any atom is -0.503 e. The predicted octanol–water partition coefficient (Wildman–Crippen LogP) is 6.33. The lowest BCUT2D eigenvalue weighted by atomic mass is 9.95. The molecule has 0 saturated carbocycles. The van der Waals surface area contributed by atoms with Crippen molar-refractivity contribution in [3.05, 3.63) is 68.3 Å². The first kappa shape index (κ1) is 26.4. The van der Waals surface area contributed by atoms with Gasteiger partial charge in [-0.3, -0.25) is 0 Å². The number of anilines is 1. The number of halogens is 2. The van der Waals surface area contributed by atoms with E-state index in [1.165, 1.54) is 18.9 Å². The highest BCUT2D eigenvalue weighted by Crippen LogP contribution is 2.42. The third kappa shape index (κ3) is 5.50. The van der Waals surface area contributed by atoms with Gasteiger partial charge in [0.25, 0.3) is 0 Å². The molecule has 11 heteroatoms. The summed E-state index contributed by atoms with van der Waals surface area (Å²) >= 11 is 11.1. The highest BCUT2D eigenvalue weighted by atomic mass is 79.9. The average molecular weight is 594 g/mol. The van der Waals surface area contributed by atoms with Crippen molar-refractivity contribution in [2.24, 2.45) is 0 Å². The number of allylic oxidation sites excluding steroid dienone is 1. The molecule has 1 aromatic heterocycles. The summed E-state index contributed by atoms with van der Waals surface area (Å²) in [5, 5.41) is 19.5. The summed E-state index contributed by atoms with van der Waals surface area (Å²) in [6.45, 7) is 4.17. The van der Waals surface area contributed by atoms with Gasteiger partial charge in [-0.1, -0.05) is 54.9 Å². The van der Waals surface area contributed by atoms with Crippen LogP contribution in [-0.2, 0) is 15.3 Å². The Balaban J connectivity index is 1.74. The number of unbranched alkanes of at least 4 members (excludes halogenated alkanes) is 1. The third-order valence-electron chi connectivity index (χ3n) is 5.69. The van der Waals surface area contributed by atoms with E-state index in [-0.39, 0.29) is 11.5 Å². The number of carbonyl (C=O) groups is 1. The molecule has 0 amide bonds. The van der Waals surface area contributed by atoms with Crippen molar-refractivity contribution in [3.63, 3.8) is 0 Å². The predicted molar refractivity (Wildman–Crippen MR) is 144 cm³/mol. The van der Waals surface area contributed by atoms with E-state index < -0.39 is 12.0 Å². The van der Waals surface area contributed by atoms with Crippen LogP contribution >= 0.6 is 39.3 Å². The number of fused-ring (bicyclic) bond motifs is 1. The van der Waals surface area contributed by atoms with Gasteiger partial charge in [-0.2, -0.15) is 4.98 Å². The Morgan fingerprint density at radius 2 is 2.11 bits per heavy atom. The number of aromatic hydroxyl groups is 1. The molecular weight excluding hydrogens is 568 g/mol. The highest BCUT2D eigenvalue weighted by molar-refractivity contribution is 9.10. The Hall–Kier alpha value is -2.69. The number of thioether (sulfide) groups is 1. The molecule has 0 radical (unpaired) electrons. The first-order valence-corrected chi connectivity index (χ1v) is 13.5. The van der Waals surface area contributed by atoms with Crippen LogP contribution in [0.2, 0.25) is 5.02 Å². The molecule has 3 aromatic rings. The molecule has 0 saturated heterocycles. The maximum atomic E-state index is 13.2. The molecule has 0 bridgehead atoms. The number of aromatic nitrogens is 3. The highest BCUT2D eigenvalue weighted by Gasteiger charge is 2.36. The van der Waals surface area contributed by atoms with Crippen molar-refractivity contribution < 1.29 is 19.4 Å². The number of benzene rings is 2. The van der Waals surface area contributed by atoms with Crippen molar-refractivity contribution >= 4 is 51.2 Å². The molecule has 2 aromatic carbocycles. The van der Waals surface area contributed by atoms with Crippen LogP contribution in [0.3, 0.4) is 0 Å². The summed E-state index contributed by atoms with van der Waals surface area (Å²) in [6, 6.07) is 10.4. The quantitative estimate of drug-likeness (QED) is 0.169. The second-order valence-electron chi connectivity index (χ2n) is 8.15. The van der Waals surface area contributed by atoms with Crippen molar-refractivity contribution in [2.75, 3.05) is 19.0 Å². The molecule has 0 fully saturated rings. The zero-order valence-corrected chi connectivity index (χ0v) is 23.2.